The second kappa shape index (κ2) is 10.5. The van der Waals surface area contributed by atoms with Crippen molar-refractivity contribution in [2.24, 2.45) is 5.92 Å². The molecule has 2 aliphatic rings. The van der Waals surface area contributed by atoms with Crippen LogP contribution in [0.15, 0.2) is 109 Å². The first-order valence-corrected chi connectivity index (χ1v) is 13.2. The molecule has 4 aromatic carbocycles. The van der Waals surface area contributed by atoms with Crippen molar-refractivity contribution in [2.75, 3.05) is 22.6 Å². The van der Waals surface area contributed by atoms with Crippen molar-refractivity contribution >= 4 is 28.7 Å². The Labute approximate surface area is 223 Å². The molecule has 0 bridgehead atoms. The smallest absolute Gasteiger partial charge is 0.257 e. The lowest BCUT2D eigenvalue weighted by Crippen LogP contribution is -2.31. The lowest BCUT2D eigenvalue weighted by molar-refractivity contribution is 0.102. The Kier molecular flexibility index (Phi) is 6.57. The first-order valence-electron chi connectivity index (χ1n) is 13.2. The number of ether oxygens (including phenoxy) is 1. The quantitative estimate of drug-likeness (QED) is 0.225. The van der Waals surface area contributed by atoms with Crippen LogP contribution in [0.2, 0.25) is 0 Å². The molecule has 4 aromatic rings. The van der Waals surface area contributed by atoms with Gasteiger partial charge in [-0.25, -0.2) is 0 Å². The molecule has 3 unspecified atom stereocenters. The van der Waals surface area contributed by atoms with Gasteiger partial charge in [-0.1, -0.05) is 60.7 Å². The summed E-state index contributed by atoms with van der Waals surface area (Å²) in [6.07, 6.45) is 5.54. The molecule has 38 heavy (non-hydrogen) atoms. The summed E-state index contributed by atoms with van der Waals surface area (Å²) in [7, 11) is 0. The summed E-state index contributed by atoms with van der Waals surface area (Å²) in [5, 5.41) is 10.2. The number of rotatable bonds is 7. The van der Waals surface area contributed by atoms with E-state index in [4.69, 9.17) is 4.74 Å². The zero-order chi connectivity index (χ0) is 25.9. The molecular weight excluding hydrogens is 470 g/mol. The fourth-order valence-corrected chi connectivity index (χ4v) is 5.67. The summed E-state index contributed by atoms with van der Waals surface area (Å²) in [6, 6.07) is 32.1. The first kappa shape index (κ1) is 23.9. The van der Waals surface area contributed by atoms with E-state index in [0.717, 1.165) is 40.5 Å². The molecule has 3 atom stereocenters. The van der Waals surface area contributed by atoms with Crippen LogP contribution >= 0.6 is 0 Å². The fraction of sp³-hybridized carbons (Fsp3) is 0.182. The molecule has 0 spiro atoms. The SMILES string of the molecule is CCOc1ccccc1C1Nc2c(C(=O)Nc3ccc(Nc4ccccc4)cc3)cccc2C2C=CCC21. The third-order valence-corrected chi connectivity index (χ3v) is 7.40. The minimum Gasteiger partial charge on any atom is -0.494 e. The van der Waals surface area contributed by atoms with Gasteiger partial charge in [0.25, 0.3) is 5.91 Å². The van der Waals surface area contributed by atoms with Gasteiger partial charge in [-0.15, -0.1) is 0 Å². The number of hydrogen-bond donors (Lipinski definition) is 3. The van der Waals surface area contributed by atoms with E-state index < -0.39 is 0 Å². The number of anilines is 4. The zero-order valence-electron chi connectivity index (χ0n) is 21.4. The van der Waals surface area contributed by atoms with Gasteiger partial charge in [0.05, 0.1) is 23.9 Å². The van der Waals surface area contributed by atoms with E-state index in [2.05, 4.69) is 46.3 Å². The third kappa shape index (κ3) is 4.63. The summed E-state index contributed by atoms with van der Waals surface area (Å²) >= 11 is 0. The van der Waals surface area contributed by atoms with Crippen LogP contribution in [0, 0.1) is 5.92 Å². The lowest BCUT2D eigenvalue weighted by atomic mass is 9.76. The predicted molar refractivity (Wildman–Crippen MR) is 155 cm³/mol. The second-order valence-electron chi connectivity index (χ2n) is 9.74. The van der Waals surface area contributed by atoms with Gasteiger partial charge < -0.3 is 20.7 Å². The average Bonchev–Trinajstić information content (AvgIpc) is 3.45. The predicted octanol–water partition coefficient (Wildman–Crippen LogP) is 7.91. The van der Waals surface area contributed by atoms with Gasteiger partial charge >= 0.3 is 0 Å². The summed E-state index contributed by atoms with van der Waals surface area (Å²) in [5.41, 5.74) is 6.58. The summed E-state index contributed by atoms with van der Waals surface area (Å²) in [4.78, 5) is 13.6. The number of nitrogens with one attached hydrogen (secondary N) is 3. The third-order valence-electron chi connectivity index (χ3n) is 7.40. The van der Waals surface area contributed by atoms with Crippen molar-refractivity contribution in [3.8, 4) is 5.75 Å². The van der Waals surface area contributed by atoms with Crippen LogP contribution in [0.25, 0.3) is 0 Å². The minimum absolute atomic E-state index is 0.0440. The number of allylic oxidation sites excluding steroid dienone is 2. The van der Waals surface area contributed by atoms with Gasteiger partial charge in [0.15, 0.2) is 0 Å². The van der Waals surface area contributed by atoms with Gasteiger partial charge in [-0.05, 0) is 73.4 Å². The molecule has 0 radical (unpaired) electrons. The van der Waals surface area contributed by atoms with E-state index in [0.29, 0.717) is 18.1 Å². The number of fused-ring (bicyclic) bond motifs is 3. The van der Waals surface area contributed by atoms with Gasteiger partial charge in [0, 0.05) is 28.5 Å². The highest BCUT2D eigenvalue weighted by Gasteiger charge is 2.40. The molecule has 1 heterocycles. The Hall–Kier alpha value is -4.51. The van der Waals surface area contributed by atoms with Crippen molar-refractivity contribution in [3.63, 3.8) is 0 Å². The van der Waals surface area contributed by atoms with E-state index in [9.17, 15) is 4.79 Å². The Morgan fingerprint density at radius 1 is 0.842 bits per heavy atom. The molecule has 1 aliphatic carbocycles. The highest BCUT2D eigenvalue weighted by Crippen LogP contribution is 2.52. The fourth-order valence-electron chi connectivity index (χ4n) is 5.67. The van der Waals surface area contributed by atoms with E-state index in [1.54, 1.807) is 0 Å². The van der Waals surface area contributed by atoms with Crippen LogP contribution in [-0.4, -0.2) is 12.5 Å². The maximum atomic E-state index is 13.6. The van der Waals surface area contributed by atoms with Crippen LogP contribution in [0.3, 0.4) is 0 Å². The second-order valence-corrected chi connectivity index (χ2v) is 9.74. The maximum Gasteiger partial charge on any atom is 0.257 e. The van der Waals surface area contributed by atoms with Gasteiger partial charge in [0.2, 0.25) is 0 Å². The van der Waals surface area contributed by atoms with E-state index in [-0.39, 0.29) is 17.9 Å². The molecule has 1 amide bonds. The Bertz CT molecular complexity index is 1460. The van der Waals surface area contributed by atoms with Crippen molar-refractivity contribution < 1.29 is 9.53 Å². The minimum atomic E-state index is -0.129. The highest BCUT2D eigenvalue weighted by atomic mass is 16.5. The lowest BCUT2D eigenvalue weighted by Gasteiger charge is -2.38. The van der Waals surface area contributed by atoms with Crippen LogP contribution in [0.5, 0.6) is 5.75 Å². The summed E-state index contributed by atoms with van der Waals surface area (Å²) in [6.45, 7) is 2.62. The normalized spacial score (nSPS) is 19.1. The molecule has 0 fully saturated rings. The molecular formula is C33H31N3O2. The molecule has 0 saturated carbocycles. The monoisotopic (exact) mass is 501 g/mol. The molecule has 5 nitrogen and oxygen atoms in total. The standard InChI is InChI=1S/C33H31N3O2/c1-2-38-30-17-7-6-12-28(30)31-26-14-8-13-25(26)27-15-9-16-29(32(27)36-31)33(37)35-24-20-18-23(19-21-24)34-22-10-4-3-5-11-22/h3-13,15-21,25-26,31,34,36H,2,14H2,1H3,(H,35,37). The summed E-state index contributed by atoms with van der Waals surface area (Å²) in [5.74, 6) is 1.39. The largest absolute Gasteiger partial charge is 0.494 e. The van der Waals surface area contributed by atoms with E-state index in [1.807, 2.05) is 85.8 Å². The van der Waals surface area contributed by atoms with Crippen LogP contribution < -0.4 is 20.7 Å². The summed E-state index contributed by atoms with van der Waals surface area (Å²) < 4.78 is 5.99. The zero-order valence-corrected chi connectivity index (χ0v) is 21.4. The highest BCUT2D eigenvalue weighted by molar-refractivity contribution is 6.08. The van der Waals surface area contributed by atoms with Crippen molar-refractivity contribution in [1.29, 1.82) is 0 Å². The molecule has 190 valence electrons. The van der Waals surface area contributed by atoms with E-state index in [1.165, 1.54) is 5.56 Å². The maximum absolute atomic E-state index is 13.6. The number of hydrogen-bond acceptors (Lipinski definition) is 4. The molecule has 5 heteroatoms. The number of carbonyl (C=O) groups is 1. The molecule has 0 saturated heterocycles. The number of benzene rings is 4. The average molecular weight is 502 g/mol. The topological polar surface area (TPSA) is 62.4 Å². The Balaban J connectivity index is 1.27. The van der Waals surface area contributed by atoms with E-state index >= 15 is 0 Å². The van der Waals surface area contributed by atoms with Gasteiger partial charge in [0.1, 0.15) is 5.75 Å². The van der Waals surface area contributed by atoms with Crippen LogP contribution in [-0.2, 0) is 0 Å². The van der Waals surface area contributed by atoms with Crippen LogP contribution in [0.4, 0.5) is 22.7 Å². The van der Waals surface area contributed by atoms with Gasteiger partial charge in [-0.2, -0.15) is 0 Å². The van der Waals surface area contributed by atoms with Crippen LogP contribution in [0.1, 0.15) is 46.8 Å². The van der Waals surface area contributed by atoms with Crippen molar-refractivity contribution in [2.45, 2.75) is 25.3 Å². The number of carbonyl (C=O) groups excluding carboxylic acids is 1. The molecule has 0 aromatic heterocycles. The number of para-hydroxylation sites is 3. The number of amides is 1. The molecule has 6 rings (SSSR count). The van der Waals surface area contributed by atoms with Crippen molar-refractivity contribution in [1.82, 2.24) is 0 Å². The molecule has 1 aliphatic heterocycles. The first-order chi connectivity index (χ1) is 18.7. The Morgan fingerprint density at radius 2 is 1.55 bits per heavy atom. The molecule has 3 N–H and O–H groups in total. The Morgan fingerprint density at radius 3 is 2.37 bits per heavy atom. The van der Waals surface area contributed by atoms with Gasteiger partial charge in [-0.3, -0.25) is 4.79 Å². The van der Waals surface area contributed by atoms with Crippen molar-refractivity contribution in [3.05, 3.63) is 126 Å².